The summed E-state index contributed by atoms with van der Waals surface area (Å²) in [5.41, 5.74) is 0.619. The number of hydrogen-bond acceptors (Lipinski definition) is 4. The third-order valence-corrected chi connectivity index (χ3v) is 3.02. The molecule has 1 rings (SSSR count). The number of halogens is 1. The fraction of sp³-hybridized carbons (Fsp3) is 0.455. The third-order valence-electron chi connectivity index (χ3n) is 2.35. The Morgan fingerprint density at radius 2 is 2.29 bits per heavy atom. The van der Waals surface area contributed by atoms with Gasteiger partial charge in [0, 0.05) is 22.3 Å². The van der Waals surface area contributed by atoms with Crippen molar-refractivity contribution < 1.29 is 10.0 Å². The summed E-state index contributed by atoms with van der Waals surface area (Å²) in [5, 5.41) is 22.7. The van der Waals surface area contributed by atoms with Crippen LogP contribution < -0.4 is 5.32 Å². The first-order chi connectivity index (χ1) is 8.04. The average Bonchev–Trinajstić information content (AvgIpc) is 2.28. The SMILES string of the molecule is CC(CCCO)Nc1ccc(I)cc1[N+](=O)[O-]. The molecule has 6 heteroatoms. The van der Waals surface area contributed by atoms with Crippen LogP contribution in [0.2, 0.25) is 0 Å². The Labute approximate surface area is 114 Å². The van der Waals surface area contributed by atoms with Crippen molar-refractivity contribution in [3.8, 4) is 0 Å². The number of nitro groups is 1. The van der Waals surface area contributed by atoms with Gasteiger partial charge in [-0.1, -0.05) is 0 Å². The minimum absolute atomic E-state index is 0.0905. The lowest BCUT2D eigenvalue weighted by Gasteiger charge is -2.14. The lowest BCUT2D eigenvalue weighted by Crippen LogP contribution is -2.16. The molecule has 5 nitrogen and oxygen atoms in total. The minimum Gasteiger partial charge on any atom is -0.396 e. The first-order valence-corrected chi connectivity index (χ1v) is 6.44. The summed E-state index contributed by atoms with van der Waals surface area (Å²) in [7, 11) is 0. The lowest BCUT2D eigenvalue weighted by atomic mass is 10.1. The van der Waals surface area contributed by atoms with Crippen molar-refractivity contribution in [3.05, 3.63) is 31.9 Å². The molecule has 0 amide bonds. The molecule has 0 spiro atoms. The van der Waals surface area contributed by atoms with Gasteiger partial charge in [0.15, 0.2) is 0 Å². The van der Waals surface area contributed by atoms with E-state index in [9.17, 15) is 10.1 Å². The number of aliphatic hydroxyl groups excluding tert-OH is 1. The van der Waals surface area contributed by atoms with Crippen molar-refractivity contribution in [3.63, 3.8) is 0 Å². The van der Waals surface area contributed by atoms with Gasteiger partial charge < -0.3 is 10.4 Å². The molecule has 0 aliphatic heterocycles. The van der Waals surface area contributed by atoms with Gasteiger partial charge in [-0.25, -0.2) is 0 Å². The van der Waals surface area contributed by atoms with Gasteiger partial charge in [-0.2, -0.15) is 0 Å². The maximum Gasteiger partial charge on any atom is 0.293 e. The van der Waals surface area contributed by atoms with Crippen molar-refractivity contribution in [2.45, 2.75) is 25.8 Å². The molecule has 0 saturated carbocycles. The van der Waals surface area contributed by atoms with Crippen LogP contribution in [0.15, 0.2) is 18.2 Å². The van der Waals surface area contributed by atoms with Gasteiger partial charge in [-0.3, -0.25) is 10.1 Å². The molecule has 17 heavy (non-hydrogen) atoms. The number of aliphatic hydroxyl groups is 1. The van der Waals surface area contributed by atoms with Gasteiger partial charge in [-0.15, -0.1) is 0 Å². The summed E-state index contributed by atoms with van der Waals surface area (Å²) in [4.78, 5) is 10.5. The minimum atomic E-state index is -0.386. The molecule has 1 aromatic carbocycles. The van der Waals surface area contributed by atoms with Crippen LogP contribution in [0.5, 0.6) is 0 Å². The maximum absolute atomic E-state index is 10.9. The molecule has 2 N–H and O–H groups in total. The Hall–Kier alpha value is -0.890. The molecule has 0 fully saturated rings. The Balaban J connectivity index is 2.79. The molecule has 0 aliphatic rings. The fourth-order valence-corrected chi connectivity index (χ4v) is 1.99. The zero-order valence-corrected chi connectivity index (χ0v) is 11.7. The van der Waals surface area contributed by atoms with E-state index in [0.717, 1.165) is 9.99 Å². The Morgan fingerprint density at radius 1 is 1.59 bits per heavy atom. The molecule has 0 aliphatic carbocycles. The average molecular weight is 350 g/mol. The van der Waals surface area contributed by atoms with Crippen LogP contribution in [0.4, 0.5) is 11.4 Å². The first kappa shape index (κ1) is 14.2. The van der Waals surface area contributed by atoms with Gasteiger partial charge in [-0.05, 0) is 54.5 Å². The van der Waals surface area contributed by atoms with Crippen molar-refractivity contribution in [2.24, 2.45) is 0 Å². The molecule has 1 atom stereocenters. The second-order valence-corrected chi connectivity index (χ2v) is 5.08. The summed E-state index contributed by atoms with van der Waals surface area (Å²) in [6.07, 6.45) is 1.46. The Kier molecular flexibility index (Phi) is 5.63. The quantitative estimate of drug-likeness (QED) is 0.470. The van der Waals surface area contributed by atoms with E-state index in [1.54, 1.807) is 12.1 Å². The van der Waals surface area contributed by atoms with E-state index in [2.05, 4.69) is 5.32 Å². The van der Waals surface area contributed by atoms with E-state index in [1.807, 2.05) is 35.6 Å². The van der Waals surface area contributed by atoms with Crippen LogP contribution in [-0.2, 0) is 0 Å². The number of nitro benzene ring substituents is 1. The molecule has 94 valence electrons. The van der Waals surface area contributed by atoms with Crippen molar-refractivity contribution in [2.75, 3.05) is 11.9 Å². The first-order valence-electron chi connectivity index (χ1n) is 5.36. The predicted molar refractivity (Wildman–Crippen MR) is 75.2 cm³/mol. The molecule has 1 unspecified atom stereocenters. The van der Waals surface area contributed by atoms with E-state index in [0.29, 0.717) is 12.1 Å². The summed E-state index contributed by atoms with van der Waals surface area (Å²) in [6, 6.07) is 5.19. The van der Waals surface area contributed by atoms with Crippen LogP contribution >= 0.6 is 22.6 Å². The molecule has 0 bridgehead atoms. The van der Waals surface area contributed by atoms with Gasteiger partial charge in [0.05, 0.1) is 4.92 Å². The highest BCUT2D eigenvalue weighted by molar-refractivity contribution is 14.1. The largest absolute Gasteiger partial charge is 0.396 e. The molecular weight excluding hydrogens is 335 g/mol. The number of anilines is 1. The number of rotatable bonds is 6. The summed E-state index contributed by atoms with van der Waals surface area (Å²) < 4.78 is 0.836. The predicted octanol–water partition coefficient (Wildman–Crippen LogP) is 2.77. The number of nitrogens with zero attached hydrogens (tertiary/aromatic N) is 1. The van der Waals surface area contributed by atoms with Gasteiger partial charge in [0.1, 0.15) is 5.69 Å². The number of nitrogens with one attached hydrogen (secondary N) is 1. The number of hydrogen-bond donors (Lipinski definition) is 2. The monoisotopic (exact) mass is 350 g/mol. The highest BCUT2D eigenvalue weighted by Crippen LogP contribution is 2.27. The summed E-state index contributed by atoms with van der Waals surface area (Å²) in [5.74, 6) is 0. The van der Waals surface area contributed by atoms with Crippen LogP contribution in [0.25, 0.3) is 0 Å². The lowest BCUT2D eigenvalue weighted by molar-refractivity contribution is -0.384. The van der Waals surface area contributed by atoms with Gasteiger partial charge in [0.25, 0.3) is 5.69 Å². The van der Waals surface area contributed by atoms with Crippen LogP contribution in [-0.4, -0.2) is 22.7 Å². The van der Waals surface area contributed by atoms with Gasteiger partial charge in [0.2, 0.25) is 0 Å². The standard InChI is InChI=1S/C11H15IN2O3/c1-8(3-2-6-15)13-10-5-4-9(12)7-11(10)14(16)17/h4-5,7-8,13,15H,2-3,6H2,1H3. The van der Waals surface area contributed by atoms with E-state index < -0.39 is 0 Å². The molecule has 0 saturated heterocycles. The molecule has 0 aromatic heterocycles. The topological polar surface area (TPSA) is 75.4 Å². The zero-order chi connectivity index (χ0) is 12.8. The smallest absolute Gasteiger partial charge is 0.293 e. The van der Waals surface area contributed by atoms with E-state index in [4.69, 9.17) is 5.11 Å². The summed E-state index contributed by atoms with van der Waals surface area (Å²) in [6.45, 7) is 2.08. The molecular formula is C11H15IN2O3. The van der Waals surface area contributed by atoms with Crippen LogP contribution in [0.1, 0.15) is 19.8 Å². The van der Waals surface area contributed by atoms with Crippen molar-refractivity contribution in [1.82, 2.24) is 0 Å². The fourth-order valence-electron chi connectivity index (χ4n) is 1.51. The van der Waals surface area contributed by atoms with E-state index >= 15 is 0 Å². The van der Waals surface area contributed by atoms with Crippen molar-refractivity contribution >= 4 is 34.0 Å². The normalized spacial score (nSPS) is 12.2. The second-order valence-electron chi connectivity index (χ2n) is 3.83. The highest BCUT2D eigenvalue weighted by Gasteiger charge is 2.15. The second kappa shape index (κ2) is 6.75. The van der Waals surface area contributed by atoms with Gasteiger partial charge >= 0.3 is 0 Å². The number of benzene rings is 1. The van der Waals surface area contributed by atoms with E-state index in [-0.39, 0.29) is 23.3 Å². The molecule has 1 aromatic rings. The van der Waals surface area contributed by atoms with Crippen LogP contribution in [0, 0.1) is 13.7 Å². The van der Waals surface area contributed by atoms with Crippen LogP contribution in [0.3, 0.4) is 0 Å². The molecule has 0 radical (unpaired) electrons. The Morgan fingerprint density at radius 3 is 2.88 bits per heavy atom. The Bertz CT molecular complexity index is 398. The zero-order valence-electron chi connectivity index (χ0n) is 9.52. The van der Waals surface area contributed by atoms with E-state index in [1.165, 1.54) is 0 Å². The maximum atomic E-state index is 10.9. The highest BCUT2D eigenvalue weighted by atomic mass is 127. The summed E-state index contributed by atoms with van der Waals surface area (Å²) >= 11 is 2.05. The molecule has 0 heterocycles. The van der Waals surface area contributed by atoms with Crippen molar-refractivity contribution in [1.29, 1.82) is 0 Å². The third kappa shape index (κ3) is 4.47.